The van der Waals surface area contributed by atoms with E-state index in [4.69, 9.17) is 11.2 Å². The molecule has 22 heavy (non-hydrogen) atoms. The molecule has 0 saturated heterocycles. The number of benzene rings is 1. The zero-order valence-electron chi connectivity index (χ0n) is 13.6. The highest BCUT2D eigenvalue weighted by molar-refractivity contribution is 5.84. The lowest BCUT2D eigenvalue weighted by atomic mass is 10.1. The maximum atomic E-state index is 11.6. The van der Waals surface area contributed by atoms with Gasteiger partial charge in [0.15, 0.2) is 0 Å². The summed E-state index contributed by atoms with van der Waals surface area (Å²) >= 11 is 0. The van der Waals surface area contributed by atoms with Gasteiger partial charge in [0.1, 0.15) is 0 Å². The van der Waals surface area contributed by atoms with Crippen LogP contribution in [0.25, 0.3) is 0 Å². The fourth-order valence-electron chi connectivity index (χ4n) is 2.17. The molecule has 0 unspecified atom stereocenters. The van der Waals surface area contributed by atoms with E-state index in [2.05, 4.69) is 11.2 Å². The Bertz CT molecular complexity index is 459. The van der Waals surface area contributed by atoms with E-state index in [0.717, 1.165) is 31.4 Å². The van der Waals surface area contributed by atoms with Crippen LogP contribution >= 0.6 is 0 Å². The van der Waals surface area contributed by atoms with E-state index in [1.165, 1.54) is 31.2 Å². The highest BCUT2D eigenvalue weighted by Gasteiger charge is 2.02. The van der Waals surface area contributed by atoms with E-state index in [0.29, 0.717) is 6.61 Å². The van der Waals surface area contributed by atoms with E-state index >= 15 is 0 Å². The molecule has 1 aromatic carbocycles. The molecular weight excluding hydrogens is 274 g/mol. The summed E-state index contributed by atoms with van der Waals surface area (Å²) in [7, 11) is 0. The molecule has 0 radical (unpaired) electrons. The molecule has 0 saturated carbocycles. The molecule has 3 nitrogen and oxygen atoms in total. The fraction of sp³-hybridized carbons (Fsp3) is 0.526. The van der Waals surface area contributed by atoms with E-state index in [9.17, 15) is 4.79 Å². The number of terminal acetylenes is 1. The lowest BCUT2D eigenvalue weighted by Gasteiger charge is -2.07. The molecule has 0 bridgehead atoms. The van der Waals surface area contributed by atoms with Crippen LogP contribution in [-0.2, 0) is 4.74 Å². The Kier molecular flexibility index (Phi) is 9.61. The van der Waals surface area contributed by atoms with Crippen molar-refractivity contribution >= 4 is 11.8 Å². The van der Waals surface area contributed by atoms with Crippen LogP contribution < -0.4 is 5.32 Å². The zero-order valence-corrected chi connectivity index (χ0v) is 13.6. The second-order valence-corrected chi connectivity index (χ2v) is 5.56. The van der Waals surface area contributed by atoms with E-state index < -0.39 is 0 Å². The van der Waals surface area contributed by atoms with Crippen molar-refractivity contribution in [2.24, 2.45) is 0 Å². The predicted octanol–water partition coefficient (Wildman–Crippen LogP) is 5.30. The first-order chi connectivity index (χ1) is 10.7. The first kappa shape index (κ1) is 18.1. The van der Waals surface area contributed by atoms with Gasteiger partial charge in [-0.2, -0.15) is 0 Å². The summed E-state index contributed by atoms with van der Waals surface area (Å²) in [5.74, 6) is 2.66. The third-order valence-electron chi connectivity index (χ3n) is 3.50. The summed E-state index contributed by atoms with van der Waals surface area (Å²) < 4.78 is 5.16. The zero-order chi connectivity index (χ0) is 16.0. The Hall–Kier alpha value is -1.95. The van der Waals surface area contributed by atoms with Gasteiger partial charge in [0.2, 0.25) is 0 Å². The van der Waals surface area contributed by atoms with Gasteiger partial charge >= 0.3 is 6.09 Å². The molecule has 0 aliphatic rings. The highest BCUT2D eigenvalue weighted by atomic mass is 16.5. The van der Waals surface area contributed by atoms with Gasteiger partial charge in [0.05, 0.1) is 6.61 Å². The number of carbonyl (C=O) groups excluding carboxylic acids is 1. The summed E-state index contributed by atoms with van der Waals surface area (Å²) in [6.45, 7) is 2.49. The minimum atomic E-state index is -0.377. The molecule has 1 N–H and O–H groups in total. The Balaban J connectivity index is 1.95. The van der Waals surface area contributed by atoms with E-state index in [1.54, 1.807) is 0 Å². The van der Waals surface area contributed by atoms with Gasteiger partial charge in [-0.05, 0) is 31.9 Å². The van der Waals surface area contributed by atoms with Crippen LogP contribution in [0.3, 0.4) is 0 Å². The lowest BCUT2D eigenvalue weighted by Crippen LogP contribution is -2.14. The molecule has 0 aliphatic carbocycles. The highest BCUT2D eigenvalue weighted by Crippen LogP contribution is 2.10. The Morgan fingerprint density at radius 2 is 1.64 bits per heavy atom. The van der Waals surface area contributed by atoms with Gasteiger partial charge in [0, 0.05) is 12.1 Å². The third-order valence-corrected chi connectivity index (χ3v) is 3.50. The minimum absolute atomic E-state index is 0.377. The number of ether oxygens (including phenoxy) is 1. The summed E-state index contributed by atoms with van der Waals surface area (Å²) in [4.78, 5) is 11.6. The Labute approximate surface area is 134 Å². The van der Waals surface area contributed by atoms with Crippen molar-refractivity contribution in [2.45, 2.75) is 58.3 Å². The van der Waals surface area contributed by atoms with Crippen molar-refractivity contribution in [1.82, 2.24) is 0 Å². The molecule has 0 aromatic heterocycles. The number of hydrogen-bond donors (Lipinski definition) is 1. The maximum absolute atomic E-state index is 11.6. The summed E-state index contributed by atoms with van der Waals surface area (Å²) in [6, 6.07) is 7.66. The number of unbranched alkanes of at least 4 members (excludes halogenated alkanes) is 7. The van der Waals surface area contributed by atoms with Crippen LogP contribution in [0.2, 0.25) is 0 Å². The quantitative estimate of drug-likeness (QED) is 0.470. The summed E-state index contributed by atoms with van der Waals surface area (Å²) in [6.07, 6.45) is 13.8. The van der Waals surface area contributed by atoms with E-state index in [-0.39, 0.29) is 6.09 Å². The fourth-order valence-corrected chi connectivity index (χ4v) is 2.17. The second-order valence-electron chi connectivity index (χ2n) is 5.56. The smallest absolute Gasteiger partial charge is 0.411 e. The molecule has 3 heteroatoms. The van der Waals surface area contributed by atoms with Crippen LogP contribution in [0.4, 0.5) is 10.5 Å². The van der Waals surface area contributed by atoms with E-state index in [1.807, 2.05) is 31.2 Å². The van der Waals surface area contributed by atoms with Crippen molar-refractivity contribution in [3.05, 3.63) is 29.8 Å². The molecule has 0 heterocycles. The number of aryl methyl sites for hydroxylation is 1. The SMILES string of the molecule is C#CCCCCCCCCCOC(=O)Nc1ccc(C)cc1. The first-order valence-corrected chi connectivity index (χ1v) is 8.16. The summed E-state index contributed by atoms with van der Waals surface area (Å²) in [5.41, 5.74) is 1.93. The molecule has 0 spiro atoms. The van der Waals surface area contributed by atoms with Crippen LogP contribution in [0, 0.1) is 19.3 Å². The second kappa shape index (κ2) is 11.7. The lowest BCUT2D eigenvalue weighted by molar-refractivity contribution is 0.159. The number of carbonyl (C=O) groups is 1. The van der Waals surface area contributed by atoms with Crippen molar-refractivity contribution in [2.75, 3.05) is 11.9 Å². The van der Waals surface area contributed by atoms with Crippen molar-refractivity contribution in [3.63, 3.8) is 0 Å². The number of hydrogen-bond acceptors (Lipinski definition) is 2. The third kappa shape index (κ3) is 9.07. The standard InChI is InChI=1S/C19H27NO2/c1-3-4-5-6-7-8-9-10-11-16-22-19(21)20-18-14-12-17(2)13-15-18/h1,12-15H,4-11,16H2,2H3,(H,20,21). The topological polar surface area (TPSA) is 38.3 Å². The van der Waals surface area contributed by atoms with Crippen molar-refractivity contribution in [1.29, 1.82) is 0 Å². The average Bonchev–Trinajstić information content (AvgIpc) is 2.51. The van der Waals surface area contributed by atoms with Crippen molar-refractivity contribution < 1.29 is 9.53 Å². The molecule has 1 aromatic rings. The first-order valence-electron chi connectivity index (χ1n) is 8.16. The number of rotatable bonds is 10. The normalized spacial score (nSPS) is 10.0. The largest absolute Gasteiger partial charge is 0.449 e. The van der Waals surface area contributed by atoms with Gasteiger partial charge in [-0.25, -0.2) is 4.79 Å². The molecule has 1 rings (SSSR count). The van der Waals surface area contributed by atoms with Crippen LogP contribution in [0.5, 0.6) is 0 Å². The maximum Gasteiger partial charge on any atom is 0.411 e. The molecule has 120 valence electrons. The number of amides is 1. The molecule has 0 fully saturated rings. The van der Waals surface area contributed by atoms with Gasteiger partial charge in [-0.3, -0.25) is 5.32 Å². The van der Waals surface area contributed by atoms with Gasteiger partial charge < -0.3 is 4.74 Å². The Morgan fingerprint density at radius 3 is 2.27 bits per heavy atom. The summed E-state index contributed by atoms with van der Waals surface area (Å²) in [5, 5.41) is 2.72. The number of nitrogens with one attached hydrogen (secondary N) is 1. The molecule has 0 atom stereocenters. The average molecular weight is 301 g/mol. The monoisotopic (exact) mass is 301 g/mol. The predicted molar refractivity (Wildman–Crippen MR) is 91.9 cm³/mol. The van der Waals surface area contributed by atoms with Gasteiger partial charge in [-0.15, -0.1) is 12.3 Å². The van der Waals surface area contributed by atoms with Crippen LogP contribution in [0.1, 0.15) is 56.9 Å². The number of anilines is 1. The molecule has 1 amide bonds. The van der Waals surface area contributed by atoms with Gasteiger partial charge in [0.25, 0.3) is 0 Å². The van der Waals surface area contributed by atoms with Crippen molar-refractivity contribution in [3.8, 4) is 12.3 Å². The van der Waals surface area contributed by atoms with Crippen LogP contribution in [0.15, 0.2) is 24.3 Å². The van der Waals surface area contributed by atoms with Gasteiger partial charge in [-0.1, -0.05) is 49.8 Å². The molecular formula is C19H27NO2. The molecule has 0 aliphatic heterocycles. The Morgan fingerprint density at radius 1 is 1.05 bits per heavy atom. The minimum Gasteiger partial charge on any atom is -0.449 e. The van der Waals surface area contributed by atoms with Crippen LogP contribution in [-0.4, -0.2) is 12.7 Å².